The van der Waals surface area contributed by atoms with E-state index >= 15 is 8.78 Å². The monoisotopic (exact) mass is 747 g/mol. The molecule has 2 aromatic heterocycles. The largest absolute Gasteiger partial charge is 0.308 e. The van der Waals surface area contributed by atoms with Gasteiger partial charge in [0.15, 0.2) is 11.4 Å². The van der Waals surface area contributed by atoms with E-state index in [1.165, 1.54) is 12.1 Å². The molecule has 0 aliphatic rings. The number of aromatic nitrogens is 2. The fourth-order valence-corrected chi connectivity index (χ4v) is 8.39. The van der Waals surface area contributed by atoms with Crippen molar-refractivity contribution in [2.24, 2.45) is 0 Å². The lowest BCUT2D eigenvalue weighted by molar-refractivity contribution is 0.584. The van der Waals surface area contributed by atoms with Crippen molar-refractivity contribution in [1.82, 2.24) is 9.13 Å². The Kier molecular flexibility index (Phi) is 7.94. The second-order valence-corrected chi connectivity index (χ2v) is 14.1. The molecule has 0 aliphatic heterocycles. The lowest BCUT2D eigenvalue weighted by Gasteiger charge is -2.19. The van der Waals surface area contributed by atoms with Crippen molar-refractivity contribution in [2.45, 2.75) is 0 Å². The molecule has 0 bridgehead atoms. The average Bonchev–Trinajstić information content (AvgIpc) is 3.77. The standard InChI is InChI=1S/C51H27F2N5/c1-55-44-15-7-3-11-37(44)31-19-21-41-39-13-5-9-17-46(39)57(48(41)25-31)50-27-34(33-23-35(52)29-36(53)24-33)28-51(43(50)30-54)58-47-18-10-6-14-40(47)42-22-20-32(26-49(42)58)38-12-4-8-16-45(38)56-2/h3-29H. The highest BCUT2D eigenvalue weighted by molar-refractivity contribution is 6.12. The Morgan fingerprint density at radius 2 is 0.845 bits per heavy atom. The van der Waals surface area contributed by atoms with Crippen LogP contribution in [-0.2, 0) is 0 Å². The van der Waals surface area contributed by atoms with Gasteiger partial charge in [0.05, 0.1) is 46.6 Å². The third kappa shape index (κ3) is 5.33. The average molecular weight is 748 g/mol. The molecule has 8 aromatic carbocycles. The van der Waals surface area contributed by atoms with Gasteiger partial charge < -0.3 is 9.13 Å². The molecule has 58 heavy (non-hydrogen) atoms. The molecule has 10 aromatic rings. The van der Waals surface area contributed by atoms with Gasteiger partial charge in [0.1, 0.15) is 23.3 Å². The van der Waals surface area contributed by atoms with Crippen LogP contribution >= 0.6 is 0 Å². The molecule has 0 atom stereocenters. The normalized spacial score (nSPS) is 11.2. The van der Waals surface area contributed by atoms with Crippen LogP contribution in [0.15, 0.2) is 164 Å². The molecule has 10 rings (SSSR count). The summed E-state index contributed by atoms with van der Waals surface area (Å²) in [5.41, 5.74) is 9.70. The van der Waals surface area contributed by atoms with E-state index < -0.39 is 11.6 Å². The molecular weight excluding hydrogens is 721 g/mol. The molecular formula is C51H27F2N5. The number of hydrogen-bond donors (Lipinski definition) is 0. The first-order valence-electron chi connectivity index (χ1n) is 18.5. The molecule has 5 nitrogen and oxygen atoms in total. The molecule has 0 N–H and O–H groups in total. The minimum Gasteiger partial charge on any atom is -0.308 e. The van der Waals surface area contributed by atoms with Crippen molar-refractivity contribution >= 4 is 55.0 Å². The number of para-hydroxylation sites is 4. The number of halogens is 2. The summed E-state index contributed by atoms with van der Waals surface area (Å²) >= 11 is 0. The van der Waals surface area contributed by atoms with Gasteiger partial charge in [-0.15, -0.1) is 0 Å². The molecule has 0 radical (unpaired) electrons. The number of benzene rings is 8. The Balaban J connectivity index is 1.35. The van der Waals surface area contributed by atoms with Crippen LogP contribution in [-0.4, -0.2) is 9.13 Å². The summed E-state index contributed by atoms with van der Waals surface area (Å²) in [5.74, 6) is -1.44. The first-order valence-corrected chi connectivity index (χ1v) is 18.5. The van der Waals surface area contributed by atoms with Crippen LogP contribution in [0.5, 0.6) is 0 Å². The van der Waals surface area contributed by atoms with Gasteiger partial charge in [-0.1, -0.05) is 109 Å². The molecule has 0 fully saturated rings. The molecule has 0 aliphatic carbocycles. The molecule has 0 saturated carbocycles. The second kappa shape index (κ2) is 13.5. The van der Waals surface area contributed by atoms with E-state index in [4.69, 9.17) is 13.1 Å². The first kappa shape index (κ1) is 34.2. The topological polar surface area (TPSA) is 42.4 Å². The lowest BCUT2D eigenvalue weighted by Crippen LogP contribution is -2.05. The van der Waals surface area contributed by atoms with Crippen LogP contribution in [0, 0.1) is 36.1 Å². The Hall–Kier alpha value is -8.31. The van der Waals surface area contributed by atoms with E-state index in [-0.39, 0.29) is 0 Å². The smallest absolute Gasteiger partial charge is 0.194 e. The Bertz CT molecular complexity index is 3260. The summed E-state index contributed by atoms with van der Waals surface area (Å²) in [4.78, 5) is 7.57. The Morgan fingerprint density at radius 3 is 1.31 bits per heavy atom. The van der Waals surface area contributed by atoms with Crippen molar-refractivity contribution in [2.75, 3.05) is 0 Å². The minimum absolute atomic E-state index is 0.310. The van der Waals surface area contributed by atoms with E-state index in [0.29, 0.717) is 39.4 Å². The maximum absolute atomic E-state index is 15.0. The zero-order valence-electron chi connectivity index (χ0n) is 30.6. The maximum Gasteiger partial charge on any atom is 0.194 e. The van der Waals surface area contributed by atoms with Gasteiger partial charge in [0, 0.05) is 27.6 Å². The van der Waals surface area contributed by atoms with Crippen LogP contribution in [0.1, 0.15) is 5.56 Å². The summed E-state index contributed by atoms with van der Waals surface area (Å²) in [6.45, 7) is 15.7. The van der Waals surface area contributed by atoms with Gasteiger partial charge in [-0.3, -0.25) is 0 Å². The predicted molar refractivity (Wildman–Crippen MR) is 229 cm³/mol. The molecule has 0 saturated heterocycles. The van der Waals surface area contributed by atoms with Crippen molar-refractivity contribution in [1.29, 1.82) is 5.26 Å². The highest BCUT2D eigenvalue weighted by Crippen LogP contribution is 2.43. The van der Waals surface area contributed by atoms with Crippen molar-refractivity contribution in [3.8, 4) is 50.8 Å². The molecule has 0 spiro atoms. The van der Waals surface area contributed by atoms with Gasteiger partial charge in [-0.25, -0.2) is 18.5 Å². The number of hydrogen-bond acceptors (Lipinski definition) is 1. The lowest BCUT2D eigenvalue weighted by atomic mass is 9.99. The summed E-state index contributed by atoms with van der Waals surface area (Å²) in [6.07, 6.45) is 0. The predicted octanol–water partition coefficient (Wildman–Crippen LogP) is 14.1. The van der Waals surface area contributed by atoms with Gasteiger partial charge in [-0.05, 0) is 81.9 Å². The van der Waals surface area contributed by atoms with E-state index in [1.807, 2.05) is 143 Å². The maximum atomic E-state index is 15.0. The fraction of sp³-hybridized carbons (Fsp3) is 0. The van der Waals surface area contributed by atoms with Gasteiger partial charge in [0.2, 0.25) is 0 Å². The molecule has 0 unspecified atom stereocenters. The van der Waals surface area contributed by atoms with E-state index in [2.05, 4.69) is 15.8 Å². The number of fused-ring (bicyclic) bond motifs is 6. The van der Waals surface area contributed by atoms with Gasteiger partial charge in [0.25, 0.3) is 0 Å². The number of rotatable bonds is 5. The quantitative estimate of drug-likeness (QED) is 0.162. The number of nitrogens with zero attached hydrogens (tertiary/aromatic N) is 5. The van der Waals surface area contributed by atoms with Crippen LogP contribution in [0.2, 0.25) is 0 Å². The zero-order valence-corrected chi connectivity index (χ0v) is 30.6. The summed E-state index contributed by atoms with van der Waals surface area (Å²) in [6, 6.07) is 52.7. The van der Waals surface area contributed by atoms with Crippen molar-refractivity contribution in [3.63, 3.8) is 0 Å². The second-order valence-electron chi connectivity index (χ2n) is 14.1. The van der Waals surface area contributed by atoms with E-state index in [1.54, 1.807) is 12.1 Å². The number of nitriles is 1. The summed E-state index contributed by atoms with van der Waals surface area (Å²) in [7, 11) is 0. The first-order chi connectivity index (χ1) is 28.4. The third-order valence-corrected chi connectivity index (χ3v) is 10.9. The van der Waals surface area contributed by atoms with Gasteiger partial charge in [-0.2, -0.15) is 5.26 Å². The summed E-state index contributed by atoms with van der Waals surface area (Å²) < 4.78 is 34.1. The van der Waals surface area contributed by atoms with Gasteiger partial charge >= 0.3 is 0 Å². The molecule has 0 amide bonds. The molecule has 2 heterocycles. The van der Waals surface area contributed by atoms with Crippen LogP contribution < -0.4 is 0 Å². The third-order valence-electron chi connectivity index (χ3n) is 10.9. The van der Waals surface area contributed by atoms with Crippen LogP contribution in [0.25, 0.3) is 98.1 Å². The van der Waals surface area contributed by atoms with E-state index in [0.717, 1.165) is 71.9 Å². The zero-order chi connectivity index (χ0) is 39.5. The van der Waals surface area contributed by atoms with E-state index in [9.17, 15) is 5.26 Å². The van der Waals surface area contributed by atoms with Crippen LogP contribution in [0.3, 0.4) is 0 Å². The Morgan fingerprint density at radius 1 is 0.431 bits per heavy atom. The fourth-order valence-electron chi connectivity index (χ4n) is 8.39. The SMILES string of the molecule is [C-]#[N+]c1ccccc1-c1ccc2c3ccccc3n(-c3cc(-c4cc(F)cc(F)c4)cc(-n4c5ccccc5c5ccc(-c6ccccc6[N+]#[C-])cc54)c3C#N)c2c1. The van der Waals surface area contributed by atoms with Crippen LogP contribution in [0.4, 0.5) is 20.2 Å². The summed E-state index contributed by atoms with van der Waals surface area (Å²) in [5, 5.41) is 15.2. The molecule has 270 valence electrons. The van der Waals surface area contributed by atoms with Crippen molar-refractivity contribution < 1.29 is 8.78 Å². The minimum atomic E-state index is -0.720. The molecule has 7 heteroatoms. The van der Waals surface area contributed by atoms with Crippen molar-refractivity contribution in [3.05, 3.63) is 204 Å². The Labute approximate surface area is 331 Å². The highest BCUT2D eigenvalue weighted by atomic mass is 19.1. The highest BCUT2D eigenvalue weighted by Gasteiger charge is 2.24.